The minimum absolute atomic E-state index is 0. The molecule has 7 nitrogen and oxygen atoms in total. The predicted octanol–water partition coefficient (Wildman–Crippen LogP) is 4.84. The van der Waals surface area contributed by atoms with Gasteiger partial charge < -0.3 is 24.5 Å². The van der Waals surface area contributed by atoms with Gasteiger partial charge in [0.15, 0.2) is 6.10 Å². The van der Waals surface area contributed by atoms with E-state index in [0.717, 1.165) is 37.2 Å². The SMILES string of the molecule is O=C(O[C@H]1C[N+]2(CC(O)COc3ccc(F)cc3)CCC1CC2)N(Cc1ccccc1)c1ccccc1.[OH-]. The molecule has 2 atom stereocenters. The third kappa shape index (κ3) is 6.69. The molecule has 202 valence electrons. The van der Waals surface area contributed by atoms with E-state index in [1.165, 1.54) is 12.1 Å². The number of rotatable bonds is 9. The Morgan fingerprint density at radius 2 is 1.61 bits per heavy atom. The number of nitrogens with zero attached hydrogens (tertiary/aromatic N) is 2. The van der Waals surface area contributed by atoms with Crippen molar-refractivity contribution in [2.24, 2.45) is 5.92 Å². The summed E-state index contributed by atoms with van der Waals surface area (Å²) in [6.45, 7) is 3.71. The number of quaternary nitrogens is 1. The molecular weight excluding hydrogens is 487 g/mol. The van der Waals surface area contributed by atoms with Crippen molar-refractivity contribution < 1.29 is 33.7 Å². The van der Waals surface area contributed by atoms with Crippen LogP contribution in [0.5, 0.6) is 5.75 Å². The molecule has 0 spiro atoms. The lowest BCUT2D eigenvalue weighted by atomic mass is 9.83. The number of ether oxygens (including phenoxy) is 2. The molecule has 2 bridgehead atoms. The summed E-state index contributed by atoms with van der Waals surface area (Å²) in [5.41, 5.74) is 1.83. The zero-order valence-electron chi connectivity index (χ0n) is 21.4. The molecule has 0 saturated carbocycles. The van der Waals surface area contributed by atoms with Crippen LogP contribution in [0, 0.1) is 11.7 Å². The van der Waals surface area contributed by atoms with Crippen molar-refractivity contribution in [3.05, 3.63) is 96.3 Å². The van der Waals surface area contributed by atoms with Gasteiger partial charge in [0.2, 0.25) is 0 Å². The summed E-state index contributed by atoms with van der Waals surface area (Å²) in [4.78, 5) is 15.2. The van der Waals surface area contributed by atoms with Gasteiger partial charge >= 0.3 is 6.09 Å². The van der Waals surface area contributed by atoms with Crippen molar-refractivity contribution in [2.75, 3.05) is 37.7 Å². The summed E-state index contributed by atoms with van der Waals surface area (Å²) in [5.74, 6) is 0.549. The van der Waals surface area contributed by atoms with Crippen LogP contribution in [0.1, 0.15) is 18.4 Å². The number of para-hydroxylation sites is 1. The van der Waals surface area contributed by atoms with Gasteiger partial charge in [0.1, 0.15) is 37.4 Å². The first kappa shape index (κ1) is 27.6. The smallest absolute Gasteiger partial charge is 0.415 e. The van der Waals surface area contributed by atoms with Crippen molar-refractivity contribution >= 4 is 11.8 Å². The van der Waals surface area contributed by atoms with Gasteiger partial charge in [-0.25, -0.2) is 9.18 Å². The van der Waals surface area contributed by atoms with E-state index < -0.39 is 6.10 Å². The minimum atomic E-state index is -0.671. The molecule has 1 amide bonds. The number of hydrogen-bond acceptors (Lipinski definition) is 5. The second kappa shape index (κ2) is 12.4. The molecule has 8 heteroatoms. The summed E-state index contributed by atoms with van der Waals surface area (Å²) in [7, 11) is 0. The van der Waals surface area contributed by atoms with E-state index >= 15 is 0 Å². The zero-order chi connectivity index (χ0) is 25.7. The molecule has 3 saturated heterocycles. The topological polar surface area (TPSA) is 89.0 Å². The normalized spacial score (nSPS) is 22.7. The number of anilines is 1. The average Bonchev–Trinajstić information content (AvgIpc) is 2.93. The Bertz CT molecular complexity index is 1150. The molecule has 3 aliphatic heterocycles. The van der Waals surface area contributed by atoms with E-state index in [0.29, 0.717) is 35.8 Å². The van der Waals surface area contributed by atoms with Crippen LogP contribution < -0.4 is 9.64 Å². The summed E-state index contributed by atoms with van der Waals surface area (Å²) in [5, 5.41) is 10.8. The Hall–Kier alpha value is -3.46. The van der Waals surface area contributed by atoms with Crippen molar-refractivity contribution in [1.82, 2.24) is 0 Å². The highest BCUT2D eigenvalue weighted by molar-refractivity contribution is 5.87. The number of hydrogen-bond donors (Lipinski definition) is 1. The van der Waals surface area contributed by atoms with Crippen molar-refractivity contribution in [3.8, 4) is 5.75 Å². The van der Waals surface area contributed by atoms with Crippen molar-refractivity contribution in [3.63, 3.8) is 0 Å². The fourth-order valence-electron chi connectivity index (χ4n) is 5.66. The highest BCUT2D eigenvalue weighted by Crippen LogP contribution is 2.36. The lowest BCUT2D eigenvalue weighted by Gasteiger charge is -2.52. The fraction of sp³-hybridized carbons (Fsp3) is 0.367. The van der Waals surface area contributed by atoms with Gasteiger partial charge in [-0.2, -0.15) is 0 Å². The first-order valence-electron chi connectivity index (χ1n) is 13.0. The van der Waals surface area contributed by atoms with Crippen LogP contribution in [0.25, 0.3) is 0 Å². The quantitative estimate of drug-likeness (QED) is 0.406. The second-order valence-corrected chi connectivity index (χ2v) is 10.2. The molecule has 6 rings (SSSR count). The maximum Gasteiger partial charge on any atom is 0.415 e. The average molecular weight is 523 g/mol. The number of benzene rings is 3. The maximum atomic E-state index is 13.5. The van der Waals surface area contributed by atoms with E-state index in [9.17, 15) is 14.3 Å². The Labute approximate surface area is 222 Å². The van der Waals surface area contributed by atoms with Gasteiger partial charge in [0.25, 0.3) is 0 Å². The predicted molar refractivity (Wildman–Crippen MR) is 142 cm³/mol. The number of fused-ring (bicyclic) bond motifs is 3. The van der Waals surface area contributed by atoms with Gasteiger partial charge in [0.05, 0.1) is 19.6 Å². The number of halogens is 1. The molecule has 3 aromatic rings. The molecule has 3 aliphatic rings. The van der Waals surface area contributed by atoms with E-state index in [4.69, 9.17) is 9.47 Å². The van der Waals surface area contributed by atoms with Gasteiger partial charge in [-0.1, -0.05) is 48.5 Å². The van der Waals surface area contributed by atoms with E-state index in [-0.39, 0.29) is 30.1 Å². The summed E-state index contributed by atoms with van der Waals surface area (Å²) in [6, 6.07) is 25.3. The second-order valence-electron chi connectivity index (χ2n) is 10.2. The molecule has 0 aromatic heterocycles. The van der Waals surface area contributed by atoms with Crippen molar-refractivity contribution in [2.45, 2.75) is 31.6 Å². The van der Waals surface area contributed by atoms with Crippen LogP contribution in [0.2, 0.25) is 0 Å². The Balaban J connectivity index is 0.00000336. The van der Waals surface area contributed by atoms with Gasteiger partial charge in [-0.05, 0) is 42.0 Å². The molecule has 0 radical (unpaired) electrons. The molecule has 3 fully saturated rings. The minimum Gasteiger partial charge on any atom is -0.870 e. The number of aliphatic hydroxyl groups excluding tert-OH is 1. The molecular formula is C30H35FN2O5. The Morgan fingerprint density at radius 1 is 0.974 bits per heavy atom. The standard InChI is InChI=1S/C30H34FN2O4.H2O/c31-25-11-13-28(14-12-25)36-22-27(34)20-33-17-15-24(16-18-33)29(21-33)37-30(35)32(26-9-5-2-6-10-26)19-23-7-3-1-4-8-23;/h1-14,24,27,29,34H,15-22H2;1H2/q+1;/p-1/t24?,27?,29-,33?;/m0./s1. The number of aliphatic hydroxyl groups is 1. The number of carbonyl (C=O) groups excluding carboxylic acids is 1. The van der Waals surface area contributed by atoms with Crippen LogP contribution in [-0.2, 0) is 11.3 Å². The van der Waals surface area contributed by atoms with Gasteiger partial charge in [-0.15, -0.1) is 0 Å². The first-order chi connectivity index (χ1) is 18.0. The van der Waals surface area contributed by atoms with Crippen LogP contribution in [0.3, 0.4) is 0 Å². The Kier molecular flexibility index (Phi) is 8.99. The van der Waals surface area contributed by atoms with Crippen LogP contribution in [0.15, 0.2) is 84.9 Å². The van der Waals surface area contributed by atoms with Crippen LogP contribution in [0.4, 0.5) is 14.9 Å². The van der Waals surface area contributed by atoms with Crippen LogP contribution in [-0.4, -0.2) is 66.2 Å². The largest absolute Gasteiger partial charge is 0.870 e. The summed E-state index contributed by atoms with van der Waals surface area (Å²) in [6.07, 6.45) is 0.727. The third-order valence-corrected chi connectivity index (χ3v) is 7.62. The highest BCUT2D eigenvalue weighted by atomic mass is 19.1. The number of piperidine rings is 3. The molecule has 38 heavy (non-hydrogen) atoms. The van der Waals surface area contributed by atoms with Gasteiger partial charge in [-0.3, -0.25) is 4.90 Å². The number of carbonyl (C=O) groups is 1. The molecule has 2 N–H and O–H groups in total. The zero-order valence-corrected chi connectivity index (χ0v) is 21.4. The van der Waals surface area contributed by atoms with E-state index in [1.54, 1.807) is 17.0 Å². The molecule has 3 heterocycles. The summed E-state index contributed by atoms with van der Waals surface area (Å²) < 4.78 is 25.7. The maximum absolute atomic E-state index is 13.5. The molecule has 0 aliphatic carbocycles. The molecule has 1 unspecified atom stereocenters. The lowest BCUT2D eigenvalue weighted by Crippen LogP contribution is -2.66. The first-order valence-corrected chi connectivity index (χ1v) is 13.0. The lowest BCUT2D eigenvalue weighted by molar-refractivity contribution is -0.948. The summed E-state index contributed by atoms with van der Waals surface area (Å²) >= 11 is 0. The highest BCUT2D eigenvalue weighted by Gasteiger charge is 2.48. The molecule has 3 aromatic carbocycles. The monoisotopic (exact) mass is 522 g/mol. The Morgan fingerprint density at radius 3 is 2.26 bits per heavy atom. The van der Waals surface area contributed by atoms with Gasteiger partial charge in [0, 0.05) is 24.4 Å². The van der Waals surface area contributed by atoms with Crippen LogP contribution >= 0.6 is 0 Å². The number of amides is 1. The van der Waals surface area contributed by atoms with E-state index in [2.05, 4.69) is 0 Å². The fourth-order valence-corrected chi connectivity index (χ4v) is 5.66. The third-order valence-electron chi connectivity index (χ3n) is 7.62. The van der Waals surface area contributed by atoms with E-state index in [1.807, 2.05) is 60.7 Å². The van der Waals surface area contributed by atoms with Crippen molar-refractivity contribution in [1.29, 1.82) is 0 Å².